The van der Waals surface area contributed by atoms with Crippen LogP contribution in [0.4, 0.5) is 0 Å². The number of likely N-dealkylation sites (N-methyl/N-ethyl adjacent to an activating group) is 1. The van der Waals surface area contributed by atoms with Crippen molar-refractivity contribution in [3.8, 4) is 0 Å². The van der Waals surface area contributed by atoms with Crippen molar-refractivity contribution in [2.75, 3.05) is 54.1 Å². The minimum atomic E-state index is -4.48. The third kappa shape index (κ3) is 28.3. The quantitative estimate of drug-likeness (QED) is 0.0339. The monoisotopic (exact) mass is 587 g/mol. The first-order valence-electron chi connectivity index (χ1n) is 15.2. The SMILES string of the molecule is CC/C=C\C/C=C\C/C=C\CCCCCCCCCCOCC(COP(=O)([O-])OCC[N+](C)(C)C)OC(=O)CC. The second-order valence-corrected chi connectivity index (χ2v) is 12.5. The maximum absolute atomic E-state index is 12.0. The van der Waals surface area contributed by atoms with Crippen molar-refractivity contribution in [2.24, 2.45) is 0 Å². The summed E-state index contributed by atoms with van der Waals surface area (Å²) in [6.07, 6.45) is 26.6. The molecular formula is C31H58NO7P. The zero-order valence-electron chi connectivity index (χ0n) is 26.0. The van der Waals surface area contributed by atoms with Gasteiger partial charge < -0.3 is 27.9 Å². The van der Waals surface area contributed by atoms with E-state index in [-0.39, 0.29) is 26.2 Å². The number of quaternary nitrogens is 1. The molecule has 0 aromatic rings. The largest absolute Gasteiger partial charge is 0.756 e. The van der Waals surface area contributed by atoms with Crippen LogP contribution in [0.1, 0.15) is 97.3 Å². The van der Waals surface area contributed by atoms with Gasteiger partial charge in [0.15, 0.2) is 0 Å². The molecule has 0 N–H and O–H groups in total. The highest BCUT2D eigenvalue weighted by Crippen LogP contribution is 2.38. The number of esters is 1. The summed E-state index contributed by atoms with van der Waals surface area (Å²) in [5.41, 5.74) is 0. The molecule has 0 aliphatic heterocycles. The third-order valence-electron chi connectivity index (χ3n) is 6.01. The smallest absolute Gasteiger partial charge is 0.305 e. The van der Waals surface area contributed by atoms with Gasteiger partial charge in [-0.3, -0.25) is 9.36 Å². The average molecular weight is 588 g/mol. The van der Waals surface area contributed by atoms with Crippen LogP contribution in [0, 0.1) is 0 Å². The van der Waals surface area contributed by atoms with Gasteiger partial charge in [0.2, 0.25) is 0 Å². The van der Waals surface area contributed by atoms with Crippen LogP contribution in [0.25, 0.3) is 0 Å². The number of ether oxygens (including phenoxy) is 2. The lowest BCUT2D eigenvalue weighted by Gasteiger charge is -2.28. The Kier molecular flexibility index (Phi) is 24.6. The summed E-state index contributed by atoms with van der Waals surface area (Å²) < 4.78 is 33.4. The Morgan fingerprint density at radius 2 is 1.35 bits per heavy atom. The van der Waals surface area contributed by atoms with Crippen LogP contribution in [-0.4, -0.2) is 70.7 Å². The molecule has 0 aromatic carbocycles. The molecule has 234 valence electrons. The number of phosphoric ester groups is 1. The van der Waals surface area contributed by atoms with Crippen LogP contribution in [0.5, 0.6) is 0 Å². The summed E-state index contributed by atoms with van der Waals surface area (Å²) in [5, 5.41) is 0. The number of nitrogens with zero attached hydrogens (tertiary/aromatic N) is 1. The first-order chi connectivity index (χ1) is 19.1. The molecule has 0 rings (SSSR count). The number of allylic oxidation sites excluding steroid dienone is 6. The molecule has 0 aliphatic rings. The Labute approximate surface area is 245 Å². The van der Waals surface area contributed by atoms with E-state index in [0.717, 1.165) is 38.5 Å². The van der Waals surface area contributed by atoms with Gasteiger partial charge in [-0.05, 0) is 38.5 Å². The van der Waals surface area contributed by atoms with Crippen LogP contribution in [0.15, 0.2) is 36.5 Å². The Balaban J connectivity index is 3.85. The fourth-order valence-electron chi connectivity index (χ4n) is 3.59. The topological polar surface area (TPSA) is 94.1 Å². The van der Waals surface area contributed by atoms with Crippen molar-refractivity contribution in [3.05, 3.63) is 36.5 Å². The normalized spacial score (nSPS) is 14.8. The molecule has 40 heavy (non-hydrogen) atoms. The van der Waals surface area contributed by atoms with Gasteiger partial charge >= 0.3 is 5.97 Å². The van der Waals surface area contributed by atoms with Crippen molar-refractivity contribution in [2.45, 2.75) is 103 Å². The second-order valence-electron chi connectivity index (χ2n) is 11.0. The lowest BCUT2D eigenvalue weighted by atomic mass is 10.1. The van der Waals surface area contributed by atoms with Crippen molar-refractivity contribution >= 4 is 13.8 Å². The van der Waals surface area contributed by atoms with Crippen LogP contribution in [0.2, 0.25) is 0 Å². The molecule has 0 bridgehead atoms. The first-order valence-corrected chi connectivity index (χ1v) is 16.7. The minimum absolute atomic E-state index is 0.0212. The summed E-state index contributed by atoms with van der Waals surface area (Å²) in [6.45, 7) is 4.67. The van der Waals surface area contributed by atoms with E-state index in [4.69, 9.17) is 18.5 Å². The molecule has 0 amide bonds. The Morgan fingerprint density at radius 1 is 0.775 bits per heavy atom. The van der Waals surface area contributed by atoms with Gasteiger partial charge in [0.1, 0.15) is 19.3 Å². The van der Waals surface area contributed by atoms with Crippen molar-refractivity contribution in [1.82, 2.24) is 0 Å². The van der Waals surface area contributed by atoms with Crippen molar-refractivity contribution in [3.63, 3.8) is 0 Å². The highest BCUT2D eigenvalue weighted by Gasteiger charge is 2.19. The number of rotatable bonds is 27. The van der Waals surface area contributed by atoms with E-state index in [0.29, 0.717) is 17.6 Å². The zero-order chi connectivity index (χ0) is 30.0. The van der Waals surface area contributed by atoms with Gasteiger partial charge in [0, 0.05) is 13.0 Å². The molecule has 0 spiro atoms. The molecule has 0 heterocycles. The number of phosphoric acid groups is 1. The molecule has 0 fully saturated rings. The molecular weight excluding hydrogens is 529 g/mol. The Bertz CT molecular complexity index is 746. The van der Waals surface area contributed by atoms with Gasteiger partial charge in [-0.15, -0.1) is 0 Å². The minimum Gasteiger partial charge on any atom is -0.756 e. The van der Waals surface area contributed by atoms with E-state index in [1.807, 2.05) is 21.1 Å². The van der Waals surface area contributed by atoms with E-state index in [1.54, 1.807) is 6.92 Å². The van der Waals surface area contributed by atoms with Gasteiger partial charge in [0.05, 0.1) is 34.4 Å². The molecule has 2 unspecified atom stereocenters. The van der Waals surface area contributed by atoms with Crippen LogP contribution in [-0.2, 0) is 27.9 Å². The number of unbranched alkanes of at least 4 members (excludes halogenated alkanes) is 8. The number of hydrogen-bond donors (Lipinski definition) is 0. The maximum atomic E-state index is 12.0. The van der Waals surface area contributed by atoms with E-state index in [9.17, 15) is 14.3 Å². The third-order valence-corrected chi connectivity index (χ3v) is 6.97. The molecule has 9 heteroatoms. The number of hydrogen-bond acceptors (Lipinski definition) is 7. The van der Waals surface area contributed by atoms with Crippen molar-refractivity contribution in [1.29, 1.82) is 0 Å². The van der Waals surface area contributed by atoms with E-state index in [2.05, 4.69) is 43.4 Å². The number of carbonyl (C=O) groups is 1. The van der Waals surface area contributed by atoms with Crippen molar-refractivity contribution < 1.29 is 37.3 Å². The van der Waals surface area contributed by atoms with Gasteiger partial charge in [0.25, 0.3) is 7.82 Å². The predicted molar refractivity (Wildman–Crippen MR) is 162 cm³/mol. The van der Waals surface area contributed by atoms with Gasteiger partial charge in [-0.25, -0.2) is 0 Å². The highest BCUT2D eigenvalue weighted by molar-refractivity contribution is 7.45. The average Bonchev–Trinajstić information content (AvgIpc) is 2.89. The molecule has 0 saturated carbocycles. The standard InChI is InChI=1S/C31H58NO7P/c1-6-8-9-10-11-12-13-14-15-16-17-18-19-20-21-22-23-24-26-36-28-30(39-31(33)7-2)29-38-40(34,35)37-27-25-32(3,4)5/h8-9,11-12,14-15,30H,6-7,10,13,16-29H2,1-5H3/b9-8-,12-11-,15-14-. The first kappa shape index (κ1) is 38.7. The maximum Gasteiger partial charge on any atom is 0.305 e. The van der Waals surface area contributed by atoms with Gasteiger partial charge in [-0.1, -0.05) is 88.8 Å². The highest BCUT2D eigenvalue weighted by atomic mass is 31.2. The van der Waals surface area contributed by atoms with Gasteiger partial charge in [-0.2, -0.15) is 0 Å². The fraction of sp³-hybridized carbons (Fsp3) is 0.774. The molecule has 2 atom stereocenters. The molecule has 0 radical (unpaired) electrons. The summed E-state index contributed by atoms with van der Waals surface area (Å²) >= 11 is 0. The summed E-state index contributed by atoms with van der Waals surface area (Å²) in [5.74, 6) is -0.428. The summed E-state index contributed by atoms with van der Waals surface area (Å²) in [4.78, 5) is 23.7. The predicted octanol–water partition coefficient (Wildman–Crippen LogP) is 6.90. The van der Waals surface area contributed by atoms with E-state index in [1.165, 1.54) is 38.5 Å². The van der Waals surface area contributed by atoms with E-state index < -0.39 is 19.9 Å². The molecule has 8 nitrogen and oxygen atoms in total. The second kappa shape index (κ2) is 25.4. The number of carbonyl (C=O) groups excluding carboxylic acids is 1. The van der Waals surface area contributed by atoms with Crippen LogP contribution >= 0.6 is 7.82 Å². The summed E-state index contributed by atoms with van der Waals surface area (Å²) in [6, 6.07) is 0. The Hall–Kier alpha value is -1.28. The van der Waals surface area contributed by atoms with E-state index >= 15 is 0 Å². The van der Waals surface area contributed by atoms with Crippen LogP contribution in [0.3, 0.4) is 0 Å². The lowest BCUT2D eigenvalue weighted by Crippen LogP contribution is -2.37. The van der Waals surface area contributed by atoms with Crippen LogP contribution < -0.4 is 4.89 Å². The lowest BCUT2D eigenvalue weighted by molar-refractivity contribution is -0.870. The molecule has 0 saturated heterocycles. The molecule has 0 aliphatic carbocycles. The zero-order valence-corrected chi connectivity index (χ0v) is 26.9. The Morgan fingerprint density at radius 3 is 1.95 bits per heavy atom. The molecule has 0 aromatic heterocycles. The fourth-order valence-corrected chi connectivity index (χ4v) is 4.32. The summed E-state index contributed by atoms with van der Waals surface area (Å²) in [7, 11) is 1.33.